The summed E-state index contributed by atoms with van der Waals surface area (Å²) in [5, 5.41) is 0. The first-order valence-electron chi connectivity index (χ1n) is 7.52. The van der Waals surface area contributed by atoms with Crippen LogP contribution < -0.4 is 10.5 Å². The van der Waals surface area contributed by atoms with Crippen molar-refractivity contribution in [2.75, 3.05) is 13.1 Å². The van der Waals surface area contributed by atoms with Crippen LogP contribution in [0.2, 0.25) is 0 Å². The molecule has 5 heteroatoms. The van der Waals surface area contributed by atoms with E-state index >= 15 is 0 Å². The summed E-state index contributed by atoms with van der Waals surface area (Å²) in [4.78, 5) is 2.35. The third-order valence-corrected chi connectivity index (χ3v) is 3.71. The van der Waals surface area contributed by atoms with Crippen LogP contribution in [-0.4, -0.2) is 30.6 Å². The van der Waals surface area contributed by atoms with Gasteiger partial charge < -0.3 is 10.5 Å². The Hall–Kier alpha value is -1.20. The monoisotopic (exact) mass is 298 g/mol. The van der Waals surface area contributed by atoms with E-state index in [2.05, 4.69) is 23.5 Å². The number of nitrogens with zero attached hydrogens (tertiary/aromatic N) is 1. The van der Waals surface area contributed by atoms with Gasteiger partial charge in [-0.2, -0.15) is 8.78 Å². The van der Waals surface area contributed by atoms with Crippen LogP contribution in [-0.2, 0) is 0 Å². The number of alkyl halides is 2. The second kappa shape index (κ2) is 7.18. The zero-order valence-electron chi connectivity index (χ0n) is 12.6. The van der Waals surface area contributed by atoms with Crippen molar-refractivity contribution < 1.29 is 13.5 Å². The Bertz CT molecular complexity index is 450. The van der Waals surface area contributed by atoms with E-state index < -0.39 is 6.61 Å². The zero-order chi connectivity index (χ0) is 15.4. The second-order valence-corrected chi connectivity index (χ2v) is 5.99. The van der Waals surface area contributed by atoms with Gasteiger partial charge in [-0.05, 0) is 24.8 Å². The molecule has 2 N–H and O–H groups in total. The topological polar surface area (TPSA) is 38.5 Å². The van der Waals surface area contributed by atoms with Gasteiger partial charge in [0.25, 0.3) is 0 Å². The first kappa shape index (κ1) is 16.2. The molecule has 0 aliphatic heterocycles. The largest absolute Gasteiger partial charge is 0.434 e. The summed E-state index contributed by atoms with van der Waals surface area (Å²) >= 11 is 0. The summed E-state index contributed by atoms with van der Waals surface area (Å²) < 4.78 is 29.8. The van der Waals surface area contributed by atoms with E-state index in [1.165, 1.54) is 0 Å². The highest BCUT2D eigenvalue weighted by molar-refractivity contribution is 5.36. The molecule has 1 atom stereocenters. The van der Waals surface area contributed by atoms with Gasteiger partial charge in [0.05, 0.1) is 6.04 Å². The van der Waals surface area contributed by atoms with E-state index in [4.69, 9.17) is 5.73 Å². The fourth-order valence-corrected chi connectivity index (χ4v) is 2.76. The van der Waals surface area contributed by atoms with Crippen LogP contribution in [0.5, 0.6) is 5.75 Å². The fraction of sp³-hybridized carbons (Fsp3) is 0.625. The summed E-state index contributed by atoms with van der Waals surface area (Å²) in [7, 11) is 0. The van der Waals surface area contributed by atoms with Crippen LogP contribution in [0.15, 0.2) is 24.3 Å². The number of halogens is 2. The number of hydrogen-bond donors (Lipinski definition) is 1. The Morgan fingerprint density at radius 1 is 1.29 bits per heavy atom. The van der Waals surface area contributed by atoms with Gasteiger partial charge in [-0.3, -0.25) is 4.90 Å². The molecule has 1 unspecified atom stereocenters. The van der Waals surface area contributed by atoms with Gasteiger partial charge in [-0.1, -0.05) is 32.0 Å². The molecule has 0 aromatic heterocycles. The van der Waals surface area contributed by atoms with E-state index in [-0.39, 0.29) is 11.8 Å². The van der Waals surface area contributed by atoms with E-state index in [1.807, 2.05) is 12.1 Å². The molecule has 1 aromatic rings. The van der Waals surface area contributed by atoms with Crippen molar-refractivity contribution in [1.82, 2.24) is 4.90 Å². The SMILES string of the molecule is CC(C)CN(C1CC1)C(CN)c1ccccc1OC(F)F. The number of nitrogens with two attached hydrogens (primary N) is 1. The maximum atomic E-state index is 12.6. The molecule has 0 heterocycles. The van der Waals surface area contributed by atoms with Crippen molar-refractivity contribution in [2.45, 2.75) is 45.4 Å². The lowest BCUT2D eigenvalue weighted by Crippen LogP contribution is -2.38. The lowest BCUT2D eigenvalue weighted by molar-refractivity contribution is -0.0512. The van der Waals surface area contributed by atoms with Crippen LogP contribution in [0.4, 0.5) is 8.78 Å². The van der Waals surface area contributed by atoms with E-state index in [0.717, 1.165) is 24.9 Å². The Labute approximate surface area is 125 Å². The van der Waals surface area contributed by atoms with Crippen LogP contribution >= 0.6 is 0 Å². The molecule has 21 heavy (non-hydrogen) atoms. The first-order chi connectivity index (χ1) is 10.0. The summed E-state index contributed by atoms with van der Waals surface area (Å²) in [6.07, 6.45) is 2.31. The highest BCUT2D eigenvalue weighted by atomic mass is 19.3. The van der Waals surface area contributed by atoms with Crippen molar-refractivity contribution >= 4 is 0 Å². The van der Waals surface area contributed by atoms with E-state index in [0.29, 0.717) is 18.5 Å². The number of para-hydroxylation sites is 1. The summed E-state index contributed by atoms with van der Waals surface area (Å²) in [6.45, 7) is 2.81. The number of hydrogen-bond acceptors (Lipinski definition) is 3. The minimum Gasteiger partial charge on any atom is -0.434 e. The molecule has 3 nitrogen and oxygen atoms in total. The van der Waals surface area contributed by atoms with Crippen LogP contribution in [0.25, 0.3) is 0 Å². The van der Waals surface area contributed by atoms with Gasteiger partial charge in [0.15, 0.2) is 0 Å². The molecule has 1 aliphatic carbocycles. The Morgan fingerprint density at radius 3 is 2.48 bits per heavy atom. The van der Waals surface area contributed by atoms with Crippen molar-refractivity contribution in [2.24, 2.45) is 11.7 Å². The highest BCUT2D eigenvalue weighted by Crippen LogP contribution is 2.37. The van der Waals surface area contributed by atoms with Crippen LogP contribution in [0.3, 0.4) is 0 Å². The zero-order valence-corrected chi connectivity index (χ0v) is 12.6. The summed E-state index contributed by atoms with van der Waals surface area (Å²) in [6, 6.07) is 7.42. The first-order valence-corrected chi connectivity index (χ1v) is 7.52. The van der Waals surface area contributed by atoms with E-state index in [9.17, 15) is 8.78 Å². The molecule has 0 spiro atoms. The minimum absolute atomic E-state index is 0.0742. The van der Waals surface area contributed by atoms with Gasteiger partial charge >= 0.3 is 6.61 Å². The Morgan fingerprint density at radius 2 is 1.95 bits per heavy atom. The molecular formula is C16H24F2N2O. The lowest BCUT2D eigenvalue weighted by Gasteiger charge is -2.33. The minimum atomic E-state index is -2.82. The maximum absolute atomic E-state index is 12.6. The number of ether oxygens (including phenoxy) is 1. The highest BCUT2D eigenvalue weighted by Gasteiger charge is 2.35. The molecule has 118 valence electrons. The van der Waals surface area contributed by atoms with Crippen LogP contribution in [0, 0.1) is 5.92 Å². The molecule has 2 rings (SSSR count). The van der Waals surface area contributed by atoms with Crippen molar-refractivity contribution in [3.8, 4) is 5.75 Å². The van der Waals surface area contributed by atoms with Crippen molar-refractivity contribution in [1.29, 1.82) is 0 Å². The second-order valence-electron chi connectivity index (χ2n) is 5.99. The normalized spacial score (nSPS) is 16.8. The number of benzene rings is 1. The van der Waals surface area contributed by atoms with Crippen molar-refractivity contribution in [3.05, 3.63) is 29.8 Å². The molecule has 0 bridgehead atoms. The van der Waals surface area contributed by atoms with E-state index in [1.54, 1.807) is 12.1 Å². The molecule has 1 fully saturated rings. The average Bonchev–Trinajstić information content (AvgIpc) is 3.23. The van der Waals surface area contributed by atoms with Crippen LogP contribution in [0.1, 0.15) is 38.3 Å². The standard InChI is InChI=1S/C16H24F2N2O/c1-11(2)10-20(12-7-8-12)14(9-19)13-5-3-4-6-15(13)21-16(17)18/h3-6,11-12,14,16H,7-10,19H2,1-2H3. The third kappa shape index (κ3) is 4.38. The van der Waals surface area contributed by atoms with Gasteiger partial charge in [0.2, 0.25) is 0 Å². The smallest absolute Gasteiger partial charge is 0.387 e. The molecule has 1 aromatic carbocycles. The number of rotatable bonds is 8. The third-order valence-electron chi connectivity index (χ3n) is 3.71. The summed E-state index contributed by atoms with van der Waals surface area (Å²) in [5.74, 6) is 0.736. The molecule has 1 saturated carbocycles. The fourth-order valence-electron chi connectivity index (χ4n) is 2.76. The van der Waals surface area contributed by atoms with Crippen molar-refractivity contribution in [3.63, 3.8) is 0 Å². The maximum Gasteiger partial charge on any atom is 0.387 e. The molecule has 1 aliphatic rings. The Kier molecular flexibility index (Phi) is 5.53. The Balaban J connectivity index is 2.26. The quantitative estimate of drug-likeness (QED) is 0.799. The molecule has 0 saturated heterocycles. The molecule has 0 radical (unpaired) electrons. The summed E-state index contributed by atoms with van der Waals surface area (Å²) in [5.41, 5.74) is 6.72. The molecular weight excluding hydrogens is 274 g/mol. The predicted octanol–water partition coefficient (Wildman–Crippen LogP) is 3.41. The van der Waals surface area contributed by atoms with Gasteiger partial charge in [-0.15, -0.1) is 0 Å². The van der Waals surface area contributed by atoms with Gasteiger partial charge in [-0.25, -0.2) is 0 Å². The molecule has 0 amide bonds. The van der Waals surface area contributed by atoms with Gasteiger partial charge in [0, 0.05) is 24.7 Å². The predicted molar refractivity (Wildman–Crippen MR) is 79.4 cm³/mol. The average molecular weight is 298 g/mol. The lowest BCUT2D eigenvalue weighted by atomic mass is 10.0. The van der Waals surface area contributed by atoms with Gasteiger partial charge in [0.1, 0.15) is 5.75 Å².